The van der Waals surface area contributed by atoms with E-state index in [1.165, 1.54) is 5.56 Å². The number of benzene rings is 1. The fraction of sp³-hybridized carbons (Fsp3) is 0.333. The number of amides is 2. The molecular formula is C18H22N4O2. The Morgan fingerprint density at radius 2 is 2.00 bits per heavy atom. The average Bonchev–Trinajstić information content (AvgIpc) is 3.41. The summed E-state index contributed by atoms with van der Waals surface area (Å²) >= 11 is 0. The lowest BCUT2D eigenvalue weighted by atomic mass is 10.1. The molecule has 6 heteroatoms. The summed E-state index contributed by atoms with van der Waals surface area (Å²) < 4.78 is 5.15. The Balaban J connectivity index is 1.42. The molecule has 24 heavy (non-hydrogen) atoms. The smallest absolute Gasteiger partial charge is 0.320 e. The first kappa shape index (κ1) is 16.1. The van der Waals surface area contributed by atoms with Crippen molar-refractivity contribution in [3.63, 3.8) is 0 Å². The maximum absolute atomic E-state index is 11.6. The van der Waals surface area contributed by atoms with Gasteiger partial charge in [0, 0.05) is 12.6 Å². The van der Waals surface area contributed by atoms with Crippen LogP contribution in [0.4, 0.5) is 16.3 Å². The van der Waals surface area contributed by atoms with Crippen molar-refractivity contribution in [2.45, 2.75) is 25.3 Å². The van der Waals surface area contributed by atoms with Gasteiger partial charge in [-0.1, -0.05) is 12.1 Å². The normalized spacial score (nSPS) is 13.2. The third-order valence-corrected chi connectivity index (χ3v) is 3.82. The predicted molar refractivity (Wildman–Crippen MR) is 94.6 cm³/mol. The van der Waals surface area contributed by atoms with Crippen LogP contribution in [0.5, 0.6) is 5.75 Å². The van der Waals surface area contributed by atoms with Gasteiger partial charge < -0.3 is 15.4 Å². The Kier molecular flexibility index (Phi) is 5.15. The molecule has 1 heterocycles. The summed E-state index contributed by atoms with van der Waals surface area (Å²) in [5, 5.41) is 8.92. The van der Waals surface area contributed by atoms with E-state index in [0.29, 0.717) is 11.9 Å². The van der Waals surface area contributed by atoms with Gasteiger partial charge in [0.15, 0.2) is 0 Å². The SMILES string of the molecule is COc1ccc(CCNc2ccc(NC(=O)NC3CC3)nc2)cc1. The van der Waals surface area contributed by atoms with E-state index in [2.05, 4.69) is 33.1 Å². The third kappa shape index (κ3) is 4.87. The monoisotopic (exact) mass is 326 g/mol. The van der Waals surface area contributed by atoms with Crippen LogP contribution in [0.2, 0.25) is 0 Å². The number of carbonyl (C=O) groups is 1. The number of carbonyl (C=O) groups excluding carboxylic acids is 1. The maximum Gasteiger partial charge on any atom is 0.320 e. The number of ether oxygens (including phenoxy) is 1. The Bertz CT molecular complexity index is 666. The van der Waals surface area contributed by atoms with E-state index in [1.54, 1.807) is 19.4 Å². The topological polar surface area (TPSA) is 75.3 Å². The lowest BCUT2D eigenvalue weighted by Crippen LogP contribution is -2.30. The van der Waals surface area contributed by atoms with Crippen LogP contribution in [0.15, 0.2) is 42.6 Å². The molecule has 6 nitrogen and oxygen atoms in total. The highest BCUT2D eigenvalue weighted by Gasteiger charge is 2.23. The molecule has 0 saturated heterocycles. The fourth-order valence-corrected chi connectivity index (χ4v) is 2.28. The average molecular weight is 326 g/mol. The van der Waals surface area contributed by atoms with E-state index in [-0.39, 0.29) is 6.03 Å². The largest absolute Gasteiger partial charge is 0.497 e. The molecule has 3 N–H and O–H groups in total. The summed E-state index contributed by atoms with van der Waals surface area (Å²) in [5.41, 5.74) is 2.17. The molecule has 0 unspecified atom stereocenters. The summed E-state index contributed by atoms with van der Waals surface area (Å²) in [5.74, 6) is 1.42. The first-order chi connectivity index (χ1) is 11.7. The number of nitrogens with zero attached hydrogens (tertiary/aromatic N) is 1. The van der Waals surface area contributed by atoms with Crippen molar-refractivity contribution < 1.29 is 9.53 Å². The Labute approximate surface area is 141 Å². The van der Waals surface area contributed by atoms with Crippen LogP contribution in [0, 0.1) is 0 Å². The lowest BCUT2D eigenvalue weighted by molar-refractivity contribution is 0.251. The first-order valence-corrected chi connectivity index (χ1v) is 8.13. The van der Waals surface area contributed by atoms with Crippen molar-refractivity contribution in [3.05, 3.63) is 48.2 Å². The van der Waals surface area contributed by atoms with Crippen molar-refractivity contribution in [2.75, 3.05) is 24.3 Å². The van der Waals surface area contributed by atoms with Crippen molar-refractivity contribution in [3.8, 4) is 5.75 Å². The van der Waals surface area contributed by atoms with Gasteiger partial charge in [-0.15, -0.1) is 0 Å². The highest BCUT2D eigenvalue weighted by atomic mass is 16.5. The van der Waals surface area contributed by atoms with Gasteiger partial charge in [0.2, 0.25) is 0 Å². The van der Waals surface area contributed by atoms with E-state index in [4.69, 9.17) is 4.74 Å². The van der Waals surface area contributed by atoms with Crippen molar-refractivity contribution in [1.29, 1.82) is 0 Å². The molecule has 0 atom stereocenters. The minimum absolute atomic E-state index is 0.190. The predicted octanol–water partition coefficient (Wildman–Crippen LogP) is 3.03. The van der Waals surface area contributed by atoms with Gasteiger partial charge in [-0.05, 0) is 49.1 Å². The van der Waals surface area contributed by atoms with Gasteiger partial charge in [-0.25, -0.2) is 9.78 Å². The minimum Gasteiger partial charge on any atom is -0.497 e. The van der Waals surface area contributed by atoms with E-state index in [9.17, 15) is 4.79 Å². The molecule has 1 aromatic heterocycles. The van der Waals surface area contributed by atoms with Crippen LogP contribution in [0.3, 0.4) is 0 Å². The first-order valence-electron chi connectivity index (χ1n) is 8.13. The van der Waals surface area contributed by atoms with Crippen molar-refractivity contribution in [1.82, 2.24) is 10.3 Å². The number of rotatable bonds is 7. The quantitative estimate of drug-likeness (QED) is 0.731. The summed E-state index contributed by atoms with van der Waals surface area (Å²) in [4.78, 5) is 15.9. The fourth-order valence-electron chi connectivity index (χ4n) is 2.28. The number of urea groups is 1. The van der Waals surface area contributed by atoms with Crippen molar-refractivity contribution in [2.24, 2.45) is 0 Å². The second kappa shape index (κ2) is 7.68. The van der Waals surface area contributed by atoms with Crippen molar-refractivity contribution >= 4 is 17.5 Å². The van der Waals surface area contributed by atoms with Gasteiger partial charge in [0.1, 0.15) is 11.6 Å². The number of aromatic nitrogens is 1. The van der Waals surface area contributed by atoms with E-state index >= 15 is 0 Å². The van der Waals surface area contributed by atoms with Crippen LogP contribution in [-0.2, 0) is 6.42 Å². The molecule has 1 aromatic carbocycles. The van der Waals surface area contributed by atoms with Crippen LogP contribution in [0.1, 0.15) is 18.4 Å². The summed E-state index contributed by atoms with van der Waals surface area (Å²) in [6.45, 7) is 0.808. The second-order valence-corrected chi connectivity index (χ2v) is 5.83. The molecule has 0 bridgehead atoms. The summed E-state index contributed by atoms with van der Waals surface area (Å²) in [6.07, 6.45) is 4.77. The second-order valence-electron chi connectivity index (χ2n) is 5.83. The zero-order chi connectivity index (χ0) is 16.8. The highest BCUT2D eigenvalue weighted by molar-refractivity contribution is 5.88. The molecule has 2 aromatic rings. The molecule has 0 radical (unpaired) electrons. The van der Waals surface area contributed by atoms with E-state index in [1.807, 2.05) is 18.2 Å². The Morgan fingerprint density at radius 3 is 2.62 bits per heavy atom. The summed E-state index contributed by atoms with van der Waals surface area (Å²) in [7, 11) is 1.66. The van der Waals surface area contributed by atoms with Crippen LogP contribution in [0.25, 0.3) is 0 Å². The van der Waals surface area contributed by atoms with Gasteiger partial charge >= 0.3 is 6.03 Å². The minimum atomic E-state index is -0.190. The van der Waals surface area contributed by atoms with Gasteiger partial charge in [-0.2, -0.15) is 0 Å². The van der Waals surface area contributed by atoms with Crippen LogP contribution < -0.4 is 20.7 Å². The molecule has 3 rings (SSSR count). The van der Waals surface area contributed by atoms with Gasteiger partial charge in [-0.3, -0.25) is 5.32 Å². The zero-order valence-corrected chi connectivity index (χ0v) is 13.7. The number of methoxy groups -OCH3 is 1. The van der Waals surface area contributed by atoms with Gasteiger partial charge in [0.05, 0.1) is 19.0 Å². The zero-order valence-electron chi connectivity index (χ0n) is 13.7. The van der Waals surface area contributed by atoms with Crippen LogP contribution >= 0.6 is 0 Å². The van der Waals surface area contributed by atoms with E-state index in [0.717, 1.165) is 37.2 Å². The Hall–Kier alpha value is -2.76. The number of anilines is 2. The number of hydrogen-bond acceptors (Lipinski definition) is 4. The van der Waals surface area contributed by atoms with Crippen LogP contribution in [-0.4, -0.2) is 30.7 Å². The molecule has 1 aliphatic rings. The molecule has 0 aliphatic heterocycles. The molecular weight excluding hydrogens is 304 g/mol. The summed E-state index contributed by atoms with van der Waals surface area (Å²) in [6, 6.07) is 11.9. The molecule has 0 spiro atoms. The standard InChI is InChI=1S/C18H22N4O2/c1-24-16-7-2-13(3-8-16)10-11-19-15-6-9-17(20-12-15)22-18(23)21-14-4-5-14/h2-3,6-9,12,14,19H,4-5,10-11H2,1H3,(H2,20,21,22,23). The molecule has 126 valence electrons. The number of hydrogen-bond donors (Lipinski definition) is 3. The third-order valence-electron chi connectivity index (χ3n) is 3.82. The number of nitrogens with one attached hydrogen (secondary N) is 3. The lowest BCUT2D eigenvalue weighted by Gasteiger charge is -2.09. The maximum atomic E-state index is 11.6. The highest BCUT2D eigenvalue weighted by Crippen LogP contribution is 2.19. The Morgan fingerprint density at radius 1 is 1.21 bits per heavy atom. The molecule has 1 saturated carbocycles. The molecule has 1 fully saturated rings. The molecule has 2 amide bonds. The molecule has 1 aliphatic carbocycles. The van der Waals surface area contributed by atoms with E-state index < -0.39 is 0 Å². The number of pyridine rings is 1. The van der Waals surface area contributed by atoms with Gasteiger partial charge in [0.25, 0.3) is 0 Å².